The molecule has 29 nitrogen and oxygen atoms in total. The molecule has 4 heterocycles. The average Bonchev–Trinajstić information content (AvgIpc) is 3.40. The lowest BCUT2D eigenvalue weighted by Crippen LogP contribution is -2.37. The first-order valence-corrected chi connectivity index (χ1v) is 19.0. The third-order valence-corrected chi connectivity index (χ3v) is 10.9. The molecular formula is C18H30N4O25P4. The third kappa shape index (κ3) is 13.5. The molecule has 0 aliphatic carbocycles. The molecule has 0 radical (unpaired) electrons. The van der Waals surface area contributed by atoms with E-state index >= 15 is 0 Å². The predicted octanol–water partition coefficient (Wildman–Crippen LogP) is -6.28. The standard InChI is InChI=1S/2C9H12N2O6.H6O13P4/c2*12-3-4-6(14)7(15)8(17-4)11-2-1-5(13)10-9(11)16;1-14(2,3)11-16(7,8)13-17(9,10)12-15(4,5)6/h2*1-2,4,6-8,12,14-15H,3H2,(H,10,13,16);(H,7,8)(H,9,10)(H2,1,2,3)(H2,4,5,6)/t2*4-,6-,7-,8-;/m11./s1. The summed E-state index contributed by atoms with van der Waals surface area (Å²) in [5.41, 5.74) is -2.66. The Morgan fingerprint density at radius 2 is 0.902 bits per heavy atom. The van der Waals surface area contributed by atoms with Crippen LogP contribution in [-0.4, -0.2) is 129 Å². The molecule has 4 rings (SSSR count). The van der Waals surface area contributed by atoms with Gasteiger partial charge >= 0.3 is 42.7 Å². The summed E-state index contributed by atoms with van der Waals surface area (Å²) < 4.78 is 63.1. The molecule has 2 aromatic heterocycles. The molecule has 51 heavy (non-hydrogen) atoms. The van der Waals surface area contributed by atoms with Crippen LogP contribution in [0.15, 0.2) is 43.7 Å². The Bertz CT molecular complexity index is 1780. The van der Waals surface area contributed by atoms with E-state index in [0.717, 1.165) is 33.7 Å². The molecule has 0 amide bonds. The second kappa shape index (κ2) is 17.6. The molecular weight excluding hydrogens is 796 g/mol. The SMILES string of the molecule is O=P(O)(O)OP(=O)(O)OP(=O)(O)OP(=O)(O)O.O=c1ccn([C@@H]2O[C@H](CO)[C@@H](O)[C@H]2O)c(=O)[nH]1.O=c1ccn([C@@H]2O[C@H](CO)[C@@H](O)[C@H]2O)c(=O)[nH]1. The van der Waals surface area contributed by atoms with E-state index in [0.29, 0.717) is 0 Å². The Balaban J connectivity index is 0.000000265. The highest BCUT2D eigenvalue weighted by atomic mass is 31.3. The van der Waals surface area contributed by atoms with Gasteiger partial charge in [-0.1, -0.05) is 0 Å². The lowest BCUT2D eigenvalue weighted by atomic mass is 10.1. The van der Waals surface area contributed by atoms with Crippen LogP contribution in [0.25, 0.3) is 0 Å². The lowest BCUT2D eigenvalue weighted by Gasteiger charge is -2.16. The number of aromatic nitrogens is 4. The van der Waals surface area contributed by atoms with Crippen molar-refractivity contribution in [2.24, 2.45) is 0 Å². The summed E-state index contributed by atoms with van der Waals surface area (Å²) in [7, 11) is -22.6. The van der Waals surface area contributed by atoms with Crippen molar-refractivity contribution >= 4 is 31.3 Å². The molecule has 33 heteroatoms. The van der Waals surface area contributed by atoms with Gasteiger partial charge in [-0.3, -0.25) is 28.7 Å². The molecule has 0 spiro atoms. The van der Waals surface area contributed by atoms with Gasteiger partial charge in [0.2, 0.25) is 0 Å². The number of nitrogens with zero attached hydrogens (tertiary/aromatic N) is 2. The zero-order chi connectivity index (χ0) is 39.3. The largest absolute Gasteiger partial charge is 0.490 e. The molecule has 2 aliphatic heterocycles. The highest BCUT2D eigenvalue weighted by Gasteiger charge is 2.45. The summed E-state index contributed by atoms with van der Waals surface area (Å²) >= 11 is 0. The second-order valence-corrected chi connectivity index (χ2v) is 15.5. The Morgan fingerprint density at radius 3 is 1.14 bits per heavy atom. The second-order valence-electron chi connectivity index (χ2n) is 9.66. The Morgan fingerprint density at radius 1 is 0.588 bits per heavy atom. The van der Waals surface area contributed by atoms with Gasteiger partial charge in [0, 0.05) is 24.5 Å². The van der Waals surface area contributed by atoms with E-state index in [2.05, 4.69) is 12.9 Å². The van der Waals surface area contributed by atoms with Gasteiger partial charge in [-0.05, 0) is 0 Å². The van der Waals surface area contributed by atoms with Crippen molar-refractivity contribution in [1.82, 2.24) is 19.1 Å². The van der Waals surface area contributed by atoms with Gasteiger partial charge in [0.25, 0.3) is 11.1 Å². The smallest absolute Gasteiger partial charge is 0.394 e. The molecule has 2 saturated heterocycles. The van der Waals surface area contributed by atoms with E-state index in [-0.39, 0.29) is 0 Å². The van der Waals surface area contributed by atoms with Gasteiger partial charge in [0.05, 0.1) is 13.2 Å². The topological polar surface area (TPSA) is 467 Å². The van der Waals surface area contributed by atoms with Crippen LogP contribution in [0.4, 0.5) is 0 Å². The number of rotatable bonds is 10. The van der Waals surface area contributed by atoms with Crippen LogP contribution in [0.5, 0.6) is 0 Å². The molecule has 10 atom stereocenters. The van der Waals surface area contributed by atoms with Gasteiger partial charge in [-0.25, -0.2) is 27.8 Å². The fraction of sp³-hybridized carbons (Fsp3) is 0.556. The zero-order valence-corrected chi connectivity index (χ0v) is 28.3. The lowest BCUT2D eigenvalue weighted by molar-refractivity contribution is -0.0550. The highest BCUT2D eigenvalue weighted by molar-refractivity contribution is 7.69. The van der Waals surface area contributed by atoms with Crippen LogP contribution >= 0.6 is 31.3 Å². The summed E-state index contributed by atoms with van der Waals surface area (Å²) in [6.45, 7) is -0.959. The van der Waals surface area contributed by atoms with Crippen LogP contribution in [0.1, 0.15) is 12.5 Å². The summed E-state index contributed by atoms with van der Waals surface area (Å²) in [4.78, 5) is 98.1. The molecule has 2 fully saturated rings. The number of hydrogen-bond acceptors (Lipinski definition) is 19. The number of ether oxygens (including phenoxy) is 2. The summed E-state index contributed by atoms with van der Waals surface area (Å²) in [5.74, 6) is 0. The van der Waals surface area contributed by atoms with E-state index in [1.165, 1.54) is 0 Å². The fourth-order valence-electron chi connectivity index (χ4n) is 3.90. The summed E-state index contributed by atoms with van der Waals surface area (Å²) in [5, 5.41) is 56.1. The Hall–Kier alpha value is -2.40. The van der Waals surface area contributed by atoms with Crippen molar-refractivity contribution in [3.63, 3.8) is 0 Å². The molecule has 2 aliphatic rings. The Labute approximate surface area is 279 Å². The van der Waals surface area contributed by atoms with Crippen LogP contribution in [0, 0.1) is 0 Å². The number of phosphoric acid groups is 4. The van der Waals surface area contributed by atoms with Gasteiger partial charge in [0.1, 0.15) is 36.6 Å². The molecule has 2 aromatic rings. The number of aliphatic hydroxyl groups is 6. The molecule has 0 aromatic carbocycles. The maximum absolute atomic E-state index is 11.4. The van der Waals surface area contributed by atoms with Crippen LogP contribution in [0.2, 0.25) is 0 Å². The van der Waals surface area contributed by atoms with Crippen LogP contribution in [0.3, 0.4) is 0 Å². The van der Waals surface area contributed by atoms with Crippen LogP contribution in [-0.2, 0) is 40.7 Å². The van der Waals surface area contributed by atoms with Crippen molar-refractivity contribution in [2.45, 2.75) is 49.1 Å². The number of aliphatic hydroxyl groups excluding tert-OH is 6. The molecule has 0 saturated carbocycles. The summed E-state index contributed by atoms with van der Waals surface area (Å²) in [6.07, 6.45) is -7.16. The minimum atomic E-state index is -5.77. The van der Waals surface area contributed by atoms with E-state index in [1.807, 2.05) is 9.97 Å². The van der Waals surface area contributed by atoms with E-state index in [1.54, 1.807) is 0 Å². The maximum atomic E-state index is 11.4. The maximum Gasteiger partial charge on any atom is 0.490 e. The highest BCUT2D eigenvalue weighted by Crippen LogP contribution is 2.69. The average molecular weight is 826 g/mol. The van der Waals surface area contributed by atoms with E-state index in [9.17, 15) is 57.9 Å². The Kier molecular flexibility index (Phi) is 15.5. The zero-order valence-electron chi connectivity index (χ0n) is 24.7. The van der Waals surface area contributed by atoms with Crippen molar-refractivity contribution in [1.29, 1.82) is 0 Å². The van der Waals surface area contributed by atoms with Crippen molar-refractivity contribution in [3.8, 4) is 0 Å². The molecule has 14 N–H and O–H groups in total. The molecule has 292 valence electrons. The number of H-pyrrole nitrogens is 2. The molecule has 0 bridgehead atoms. The number of aromatic amines is 2. The van der Waals surface area contributed by atoms with Crippen molar-refractivity contribution < 1.29 is 101 Å². The number of hydrogen-bond donors (Lipinski definition) is 14. The predicted molar refractivity (Wildman–Crippen MR) is 156 cm³/mol. The third-order valence-electron chi connectivity index (χ3n) is 5.91. The van der Waals surface area contributed by atoms with Gasteiger partial charge < -0.3 is 69.5 Å². The minimum absolute atomic E-state index is 0.479. The molecule has 2 unspecified atom stereocenters. The monoisotopic (exact) mass is 826 g/mol. The number of nitrogens with one attached hydrogen (secondary N) is 2. The quantitative estimate of drug-likeness (QED) is 0.0991. The van der Waals surface area contributed by atoms with Gasteiger partial charge in [0.15, 0.2) is 12.5 Å². The summed E-state index contributed by atoms with van der Waals surface area (Å²) in [6, 6.07) is 2.19. The van der Waals surface area contributed by atoms with Crippen molar-refractivity contribution in [2.75, 3.05) is 13.2 Å². The first kappa shape index (κ1) is 44.8. The first-order valence-electron chi connectivity index (χ1n) is 13.0. The van der Waals surface area contributed by atoms with Gasteiger partial charge in [-0.2, -0.15) is 12.9 Å². The van der Waals surface area contributed by atoms with E-state index < -0.39 is 116 Å². The fourth-order valence-corrected chi connectivity index (χ4v) is 7.87. The van der Waals surface area contributed by atoms with E-state index in [4.69, 9.17) is 49.0 Å². The van der Waals surface area contributed by atoms with Gasteiger partial charge in [-0.15, -0.1) is 0 Å². The van der Waals surface area contributed by atoms with Crippen molar-refractivity contribution in [3.05, 3.63) is 66.2 Å². The van der Waals surface area contributed by atoms with Crippen LogP contribution < -0.4 is 22.5 Å². The first-order chi connectivity index (χ1) is 23.2. The minimum Gasteiger partial charge on any atom is -0.394 e. The normalized spacial score (nSPS) is 28.8.